The first kappa shape index (κ1) is 30.0. The lowest BCUT2D eigenvalue weighted by atomic mass is 9.93. The number of hydrogen-bond acceptors (Lipinski definition) is 0. The molecule has 1 unspecified atom stereocenters. The summed E-state index contributed by atoms with van der Waals surface area (Å²) in [7, 11) is 7.13. The highest BCUT2D eigenvalue weighted by molar-refractivity contribution is 4.61. The third kappa shape index (κ3) is 24.2. The normalized spacial score (nSPS) is 13.1. The molecule has 0 bridgehead atoms. The van der Waals surface area contributed by atoms with Gasteiger partial charge in [-0.2, -0.15) is 0 Å². The number of hydrogen-bond donors (Lipinski definition) is 0. The van der Waals surface area contributed by atoms with Gasteiger partial charge in [0.1, 0.15) is 0 Å². The van der Waals surface area contributed by atoms with Crippen molar-refractivity contribution in [1.29, 1.82) is 0 Å². The van der Waals surface area contributed by atoms with Gasteiger partial charge in [-0.1, -0.05) is 142 Å². The van der Waals surface area contributed by atoms with Gasteiger partial charge in [-0.05, 0) is 12.8 Å². The first-order valence-corrected chi connectivity index (χ1v) is 14.3. The fourth-order valence-electron chi connectivity index (χ4n) is 4.94. The Bertz CT molecular complexity index is 317. The number of rotatable bonds is 24. The molecule has 0 aromatic carbocycles. The van der Waals surface area contributed by atoms with Gasteiger partial charge in [-0.25, -0.2) is 0 Å². The highest BCUT2D eigenvalue weighted by Gasteiger charge is 2.17. The van der Waals surface area contributed by atoms with Gasteiger partial charge >= 0.3 is 0 Å². The lowest BCUT2D eigenvalue weighted by molar-refractivity contribution is -0.874. The lowest BCUT2D eigenvalue weighted by Crippen LogP contribution is -2.39. The van der Waals surface area contributed by atoms with Crippen LogP contribution in [-0.2, 0) is 0 Å². The van der Waals surface area contributed by atoms with E-state index < -0.39 is 0 Å². The summed E-state index contributed by atoms with van der Waals surface area (Å²) >= 11 is 0. The third-order valence-corrected chi connectivity index (χ3v) is 6.74. The molecular weight excluding hydrogens is 362 g/mol. The standard InChI is InChI=1S/C29H62N/c1-6-8-10-12-14-16-17-18-19-21-23-25-27-29(28-30(3,4)5)26-24-22-20-15-13-11-9-7-2/h29H,6-28H2,1-5H3/q+1. The largest absolute Gasteiger partial charge is 0.331 e. The minimum absolute atomic E-state index is 0.952. The molecule has 0 N–H and O–H groups in total. The molecule has 0 fully saturated rings. The molecular formula is C29H62N+. The van der Waals surface area contributed by atoms with Crippen molar-refractivity contribution in [3.8, 4) is 0 Å². The second-order valence-corrected chi connectivity index (χ2v) is 11.3. The van der Waals surface area contributed by atoms with Crippen LogP contribution < -0.4 is 0 Å². The molecule has 0 aromatic rings. The Balaban J connectivity index is 3.66. The lowest BCUT2D eigenvalue weighted by Gasteiger charge is -2.29. The molecule has 0 aliphatic heterocycles. The molecule has 1 nitrogen and oxygen atoms in total. The Labute approximate surface area is 193 Å². The summed E-state index contributed by atoms with van der Waals surface area (Å²) in [6, 6.07) is 0. The van der Waals surface area contributed by atoms with Crippen LogP contribution in [0.15, 0.2) is 0 Å². The van der Waals surface area contributed by atoms with Crippen LogP contribution in [0.4, 0.5) is 0 Å². The molecule has 0 radical (unpaired) electrons. The predicted molar refractivity (Wildman–Crippen MR) is 139 cm³/mol. The van der Waals surface area contributed by atoms with E-state index in [9.17, 15) is 0 Å². The fraction of sp³-hybridized carbons (Fsp3) is 1.00. The summed E-state index contributed by atoms with van der Waals surface area (Å²) in [5.41, 5.74) is 0. The van der Waals surface area contributed by atoms with E-state index in [0.717, 1.165) is 10.4 Å². The van der Waals surface area contributed by atoms with Crippen LogP contribution in [0.1, 0.15) is 155 Å². The average Bonchev–Trinajstić information content (AvgIpc) is 2.69. The van der Waals surface area contributed by atoms with Crippen molar-refractivity contribution in [2.45, 2.75) is 155 Å². The van der Waals surface area contributed by atoms with E-state index in [0.29, 0.717) is 0 Å². The molecule has 1 atom stereocenters. The number of quaternary nitrogens is 1. The van der Waals surface area contributed by atoms with Crippen LogP contribution in [0.2, 0.25) is 0 Å². The smallest absolute Gasteiger partial charge is 0.0809 e. The van der Waals surface area contributed by atoms with Gasteiger partial charge in [-0.3, -0.25) is 0 Å². The first-order chi connectivity index (χ1) is 14.5. The second-order valence-electron chi connectivity index (χ2n) is 11.3. The van der Waals surface area contributed by atoms with Gasteiger partial charge in [-0.15, -0.1) is 0 Å². The molecule has 0 amide bonds. The van der Waals surface area contributed by atoms with Crippen molar-refractivity contribution in [2.24, 2.45) is 5.92 Å². The summed E-state index contributed by atoms with van der Waals surface area (Å²) < 4.78 is 1.14. The molecule has 0 heterocycles. The van der Waals surface area contributed by atoms with E-state index in [1.165, 1.54) is 148 Å². The Kier molecular flexibility index (Phi) is 22.1. The Hall–Kier alpha value is -0.0400. The van der Waals surface area contributed by atoms with Crippen molar-refractivity contribution in [3.63, 3.8) is 0 Å². The number of nitrogens with zero attached hydrogens (tertiary/aromatic N) is 1. The summed E-state index contributed by atoms with van der Waals surface area (Å²) in [6.45, 7) is 5.99. The SMILES string of the molecule is CCCCCCCCCCCCCCC(CCCCCCCCCC)C[N+](C)(C)C. The second kappa shape index (κ2) is 22.2. The van der Waals surface area contributed by atoms with Gasteiger partial charge in [0, 0.05) is 5.92 Å². The van der Waals surface area contributed by atoms with Gasteiger partial charge < -0.3 is 4.48 Å². The quantitative estimate of drug-likeness (QED) is 0.107. The van der Waals surface area contributed by atoms with E-state index in [2.05, 4.69) is 35.0 Å². The Morgan fingerprint density at radius 3 is 0.933 bits per heavy atom. The molecule has 0 saturated heterocycles. The van der Waals surface area contributed by atoms with Gasteiger partial charge in [0.25, 0.3) is 0 Å². The van der Waals surface area contributed by atoms with Crippen molar-refractivity contribution in [1.82, 2.24) is 0 Å². The summed E-state index contributed by atoms with van der Waals surface area (Å²) in [5, 5.41) is 0. The van der Waals surface area contributed by atoms with Crippen LogP contribution in [0, 0.1) is 5.92 Å². The minimum Gasteiger partial charge on any atom is -0.331 e. The molecule has 0 spiro atoms. The Morgan fingerprint density at radius 1 is 0.400 bits per heavy atom. The summed E-state index contributed by atoms with van der Waals surface area (Å²) in [4.78, 5) is 0. The van der Waals surface area contributed by atoms with E-state index >= 15 is 0 Å². The number of unbranched alkanes of at least 4 members (excludes halogenated alkanes) is 18. The van der Waals surface area contributed by atoms with Gasteiger partial charge in [0.2, 0.25) is 0 Å². The molecule has 0 rings (SSSR count). The van der Waals surface area contributed by atoms with E-state index in [-0.39, 0.29) is 0 Å². The maximum absolute atomic E-state index is 2.38. The van der Waals surface area contributed by atoms with Crippen LogP contribution in [0.25, 0.3) is 0 Å². The van der Waals surface area contributed by atoms with E-state index in [4.69, 9.17) is 0 Å². The molecule has 182 valence electrons. The summed E-state index contributed by atoms with van der Waals surface area (Å²) in [5.74, 6) is 0.952. The van der Waals surface area contributed by atoms with Crippen molar-refractivity contribution >= 4 is 0 Å². The van der Waals surface area contributed by atoms with Gasteiger partial charge in [0.15, 0.2) is 0 Å². The van der Waals surface area contributed by atoms with Crippen LogP contribution in [-0.4, -0.2) is 32.2 Å². The summed E-state index contributed by atoms with van der Waals surface area (Å²) in [6.07, 6.45) is 32.1. The van der Waals surface area contributed by atoms with Crippen LogP contribution in [0.3, 0.4) is 0 Å². The predicted octanol–water partition coefficient (Wildman–Crippen LogP) is 9.93. The topological polar surface area (TPSA) is 0 Å². The van der Waals surface area contributed by atoms with E-state index in [1.807, 2.05) is 0 Å². The monoisotopic (exact) mass is 424 g/mol. The molecule has 0 aliphatic rings. The zero-order valence-electron chi connectivity index (χ0n) is 22.3. The molecule has 0 aliphatic carbocycles. The maximum atomic E-state index is 2.38. The van der Waals surface area contributed by atoms with Gasteiger partial charge in [0.05, 0.1) is 27.7 Å². The third-order valence-electron chi connectivity index (χ3n) is 6.74. The molecule has 0 saturated carbocycles. The van der Waals surface area contributed by atoms with Crippen molar-refractivity contribution in [2.75, 3.05) is 27.7 Å². The molecule has 0 aromatic heterocycles. The fourth-order valence-corrected chi connectivity index (χ4v) is 4.94. The molecule has 1 heteroatoms. The van der Waals surface area contributed by atoms with Crippen LogP contribution in [0.5, 0.6) is 0 Å². The maximum Gasteiger partial charge on any atom is 0.0809 e. The highest BCUT2D eigenvalue weighted by Crippen LogP contribution is 2.21. The first-order valence-electron chi connectivity index (χ1n) is 14.3. The van der Waals surface area contributed by atoms with Crippen molar-refractivity contribution in [3.05, 3.63) is 0 Å². The zero-order valence-corrected chi connectivity index (χ0v) is 22.3. The minimum atomic E-state index is 0.952. The average molecular weight is 425 g/mol. The molecule has 30 heavy (non-hydrogen) atoms. The Morgan fingerprint density at radius 2 is 0.667 bits per heavy atom. The zero-order chi connectivity index (χ0) is 22.3. The highest BCUT2D eigenvalue weighted by atomic mass is 15.3. The van der Waals surface area contributed by atoms with Crippen molar-refractivity contribution < 1.29 is 4.48 Å². The van der Waals surface area contributed by atoms with Crippen LogP contribution >= 0.6 is 0 Å². The van der Waals surface area contributed by atoms with E-state index in [1.54, 1.807) is 0 Å².